The zero-order valence-corrected chi connectivity index (χ0v) is 8.87. The number of nitrogens with two attached hydrogens (primary N) is 1. The van der Waals surface area contributed by atoms with Gasteiger partial charge in [-0.15, -0.1) is 0 Å². The molecule has 0 saturated carbocycles. The Morgan fingerprint density at radius 2 is 2.08 bits per heavy atom. The second-order valence-electron chi connectivity index (χ2n) is 2.22. The van der Waals surface area contributed by atoms with E-state index in [2.05, 4.69) is 24.7 Å². The van der Waals surface area contributed by atoms with Gasteiger partial charge in [0.15, 0.2) is 0 Å². The number of fused-ring (bicyclic) bond motifs is 1. The molecule has 12 heavy (non-hydrogen) atoms. The van der Waals surface area contributed by atoms with Gasteiger partial charge in [-0.05, 0) is 22.0 Å². The first-order chi connectivity index (χ1) is 5.70. The van der Waals surface area contributed by atoms with Crippen molar-refractivity contribution in [2.45, 2.75) is 0 Å². The molecular formula is C6H3BrClN3S. The lowest BCUT2D eigenvalue weighted by molar-refractivity contribution is 1.60. The van der Waals surface area contributed by atoms with Crippen LogP contribution < -0.4 is 5.73 Å². The molecule has 1 aromatic heterocycles. The molecule has 0 radical (unpaired) electrons. The summed E-state index contributed by atoms with van der Waals surface area (Å²) in [4.78, 5) is 0. The molecule has 1 heterocycles. The van der Waals surface area contributed by atoms with Gasteiger partial charge in [-0.1, -0.05) is 11.6 Å². The van der Waals surface area contributed by atoms with Crippen molar-refractivity contribution in [3.8, 4) is 0 Å². The molecule has 62 valence electrons. The van der Waals surface area contributed by atoms with Gasteiger partial charge in [0, 0.05) is 4.47 Å². The third-order valence-corrected chi connectivity index (χ3v) is 2.93. The van der Waals surface area contributed by atoms with Gasteiger partial charge in [-0.2, -0.15) is 8.75 Å². The summed E-state index contributed by atoms with van der Waals surface area (Å²) in [5.41, 5.74) is 7.60. The Labute approximate surface area is 86.0 Å². The summed E-state index contributed by atoms with van der Waals surface area (Å²) in [6, 6.07) is 1.72. The van der Waals surface area contributed by atoms with Crippen LogP contribution in [0.2, 0.25) is 5.02 Å². The zero-order chi connectivity index (χ0) is 8.72. The third-order valence-electron chi connectivity index (χ3n) is 1.48. The molecule has 0 aliphatic carbocycles. The smallest absolute Gasteiger partial charge is 0.130 e. The molecule has 0 aliphatic heterocycles. The van der Waals surface area contributed by atoms with Crippen LogP contribution in [0.5, 0.6) is 0 Å². The highest BCUT2D eigenvalue weighted by Gasteiger charge is 2.10. The summed E-state index contributed by atoms with van der Waals surface area (Å²) in [5.74, 6) is 0. The van der Waals surface area contributed by atoms with E-state index >= 15 is 0 Å². The van der Waals surface area contributed by atoms with Crippen molar-refractivity contribution in [2.24, 2.45) is 0 Å². The van der Waals surface area contributed by atoms with E-state index in [0.29, 0.717) is 16.2 Å². The largest absolute Gasteiger partial charge is 0.396 e. The minimum absolute atomic E-state index is 0.489. The predicted molar refractivity (Wildman–Crippen MR) is 54.5 cm³/mol. The Kier molecular flexibility index (Phi) is 1.94. The van der Waals surface area contributed by atoms with E-state index in [1.165, 1.54) is 0 Å². The molecule has 2 rings (SSSR count). The molecule has 6 heteroatoms. The molecule has 2 N–H and O–H groups in total. The molecule has 0 saturated heterocycles. The van der Waals surface area contributed by atoms with Crippen molar-refractivity contribution in [1.29, 1.82) is 0 Å². The van der Waals surface area contributed by atoms with Gasteiger partial charge in [0.25, 0.3) is 0 Å². The van der Waals surface area contributed by atoms with E-state index in [0.717, 1.165) is 21.7 Å². The Morgan fingerprint density at radius 3 is 2.83 bits per heavy atom. The summed E-state index contributed by atoms with van der Waals surface area (Å²) in [6.07, 6.45) is 0. The fourth-order valence-electron chi connectivity index (χ4n) is 0.892. The molecule has 1 aromatic carbocycles. The maximum absolute atomic E-state index is 5.83. The average Bonchev–Trinajstić information content (AvgIpc) is 2.48. The van der Waals surface area contributed by atoms with Gasteiger partial charge in [-0.3, -0.25) is 0 Å². The number of hydrogen-bond donors (Lipinski definition) is 1. The number of rotatable bonds is 0. The van der Waals surface area contributed by atoms with Crippen LogP contribution in [0.25, 0.3) is 11.0 Å². The number of nitrogen functional groups attached to an aromatic ring is 1. The maximum atomic E-state index is 5.83. The number of anilines is 1. The SMILES string of the molecule is Nc1c(Cl)cc(Br)c2nsnc12. The van der Waals surface area contributed by atoms with Crippen molar-refractivity contribution >= 4 is 56.0 Å². The second-order valence-corrected chi connectivity index (χ2v) is 4.01. The summed E-state index contributed by atoms with van der Waals surface area (Å²) in [7, 11) is 0. The number of hydrogen-bond acceptors (Lipinski definition) is 4. The second kappa shape index (κ2) is 2.83. The number of aromatic nitrogens is 2. The van der Waals surface area contributed by atoms with E-state index < -0.39 is 0 Å². The Morgan fingerprint density at radius 1 is 1.42 bits per heavy atom. The average molecular weight is 265 g/mol. The Hall–Kier alpha value is -0.390. The molecule has 0 aliphatic rings. The van der Waals surface area contributed by atoms with E-state index in [1.807, 2.05) is 0 Å². The minimum atomic E-state index is 0.489. The molecule has 2 aromatic rings. The summed E-state index contributed by atoms with van der Waals surface area (Å²) in [5, 5.41) is 0.502. The lowest BCUT2D eigenvalue weighted by Gasteiger charge is -1.98. The summed E-state index contributed by atoms with van der Waals surface area (Å²) >= 11 is 10.3. The van der Waals surface area contributed by atoms with Gasteiger partial charge in [0.1, 0.15) is 11.0 Å². The van der Waals surface area contributed by atoms with Crippen molar-refractivity contribution in [3.63, 3.8) is 0 Å². The standard InChI is InChI=1S/C6H3BrClN3S/c7-2-1-3(8)4(9)6-5(2)10-12-11-6/h1H,9H2. The molecule has 0 atom stereocenters. The summed E-state index contributed by atoms with van der Waals surface area (Å²) < 4.78 is 8.92. The van der Waals surface area contributed by atoms with Crippen molar-refractivity contribution in [3.05, 3.63) is 15.6 Å². The van der Waals surface area contributed by atoms with Gasteiger partial charge in [-0.25, -0.2) is 0 Å². The highest BCUT2D eigenvalue weighted by molar-refractivity contribution is 9.10. The van der Waals surface area contributed by atoms with Crippen LogP contribution in [-0.4, -0.2) is 8.75 Å². The number of benzene rings is 1. The van der Waals surface area contributed by atoms with Crippen LogP contribution >= 0.6 is 39.3 Å². The summed E-state index contributed by atoms with van der Waals surface area (Å²) in [6.45, 7) is 0. The van der Waals surface area contributed by atoms with Crippen LogP contribution in [0, 0.1) is 0 Å². The zero-order valence-electron chi connectivity index (χ0n) is 5.71. The van der Waals surface area contributed by atoms with Gasteiger partial charge in [0.2, 0.25) is 0 Å². The molecule has 3 nitrogen and oxygen atoms in total. The van der Waals surface area contributed by atoms with Crippen LogP contribution in [0.3, 0.4) is 0 Å². The van der Waals surface area contributed by atoms with E-state index in [9.17, 15) is 0 Å². The highest BCUT2D eigenvalue weighted by Crippen LogP contribution is 2.32. The van der Waals surface area contributed by atoms with Crippen molar-refractivity contribution in [2.75, 3.05) is 5.73 Å². The van der Waals surface area contributed by atoms with Crippen molar-refractivity contribution < 1.29 is 0 Å². The highest BCUT2D eigenvalue weighted by atomic mass is 79.9. The predicted octanol–water partition coefficient (Wildman–Crippen LogP) is 2.69. The molecule has 0 amide bonds. The van der Waals surface area contributed by atoms with Gasteiger partial charge in [0.05, 0.1) is 22.4 Å². The quantitative estimate of drug-likeness (QED) is 0.744. The van der Waals surface area contributed by atoms with Gasteiger partial charge >= 0.3 is 0 Å². The first kappa shape index (κ1) is 8.22. The van der Waals surface area contributed by atoms with E-state index in [-0.39, 0.29) is 0 Å². The molecule has 0 spiro atoms. The molecular weight excluding hydrogens is 262 g/mol. The lowest BCUT2D eigenvalue weighted by atomic mass is 10.3. The molecule has 0 fully saturated rings. The van der Waals surface area contributed by atoms with Crippen LogP contribution in [-0.2, 0) is 0 Å². The number of halogens is 2. The first-order valence-electron chi connectivity index (χ1n) is 3.06. The minimum Gasteiger partial charge on any atom is -0.396 e. The Bertz CT molecular complexity index is 442. The Balaban J connectivity index is 2.97. The lowest BCUT2D eigenvalue weighted by Crippen LogP contribution is -1.88. The topological polar surface area (TPSA) is 51.8 Å². The molecule has 0 bridgehead atoms. The normalized spacial score (nSPS) is 10.8. The third kappa shape index (κ3) is 1.09. The maximum Gasteiger partial charge on any atom is 0.130 e. The van der Waals surface area contributed by atoms with Crippen molar-refractivity contribution in [1.82, 2.24) is 8.75 Å². The fourth-order valence-corrected chi connectivity index (χ4v) is 2.42. The van der Waals surface area contributed by atoms with Crippen LogP contribution in [0.15, 0.2) is 10.5 Å². The van der Waals surface area contributed by atoms with E-state index in [4.69, 9.17) is 17.3 Å². The van der Waals surface area contributed by atoms with E-state index in [1.54, 1.807) is 6.07 Å². The fraction of sp³-hybridized carbons (Fsp3) is 0. The first-order valence-corrected chi connectivity index (χ1v) is 4.96. The van der Waals surface area contributed by atoms with Gasteiger partial charge < -0.3 is 5.73 Å². The molecule has 0 unspecified atom stereocenters. The van der Waals surface area contributed by atoms with Crippen LogP contribution in [0.1, 0.15) is 0 Å². The monoisotopic (exact) mass is 263 g/mol. The number of nitrogens with zero attached hydrogens (tertiary/aromatic N) is 2. The van der Waals surface area contributed by atoms with Crippen LogP contribution in [0.4, 0.5) is 5.69 Å².